The molecule has 0 unspecified atom stereocenters. The fourth-order valence-corrected chi connectivity index (χ4v) is 6.62. The van der Waals surface area contributed by atoms with Crippen LogP contribution >= 0.6 is 0 Å². The number of hydrogen-bond donors (Lipinski definition) is 3. The predicted octanol–water partition coefficient (Wildman–Crippen LogP) is 3.56. The predicted molar refractivity (Wildman–Crippen MR) is 196 cm³/mol. The van der Waals surface area contributed by atoms with Crippen LogP contribution in [0.2, 0.25) is 0 Å². The third kappa shape index (κ3) is 12.5. The molecule has 12 nitrogen and oxygen atoms in total. The van der Waals surface area contributed by atoms with Crippen LogP contribution in [0.3, 0.4) is 0 Å². The van der Waals surface area contributed by atoms with Crippen molar-refractivity contribution in [1.29, 1.82) is 0 Å². The summed E-state index contributed by atoms with van der Waals surface area (Å²) in [6, 6.07) is 9.22. The number of amides is 3. The molecule has 3 amide bonds. The molecule has 0 saturated carbocycles. The molecule has 0 radical (unpaired) electrons. The molecule has 284 valence electrons. The molecule has 0 bridgehead atoms. The molecule has 1 saturated heterocycles. The van der Waals surface area contributed by atoms with Crippen LogP contribution in [0.1, 0.15) is 66.4 Å². The van der Waals surface area contributed by atoms with Gasteiger partial charge in [0.2, 0.25) is 17.7 Å². The lowest BCUT2D eigenvalue weighted by molar-refractivity contribution is -0.139. The van der Waals surface area contributed by atoms with Crippen LogP contribution in [-0.4, -0.2) is 120 Å². The van der Waals surface area contributed by atoms with E-state index in [9.17, 15) is 14.4 Å². The van der Waals surface area contributed by atoms with Crippen LogP contribution < -0.4 is 16.0 Å². The zero-order chi connectivity index (χ0) is 37.4. The maximum atomic E-state index is 14.0. The monoisotopic (exact) mass is 703 g/mol. The first-order valence-electron chi connectivity index (χ1n) is 18.0. The Morgan fingerprint density at radius 1 is 1.00 bits per heavy atom. The van der Waals surface area contributed by atoms with E-state index in [2.05, 4.69) is 29.8 Å². The standard InChI is InChI=1S/C38H65N5O7/c1-12-31(42(8)24-50-23-30(25(2)3)41-38(46)35(39-7)26(4)5)33(48-10)21-34(44)43-22-29(47-9)20-32(43)36(49-11)27(6)37(45)40-19-18-28-16-14-13-15-17-28/h13-17,25-27,29-30,32,35-36,39H,12,18-24H2,1-11H3,(H,40,45)(H,41,46)/b33-31-/t27-,29+,30-,32+,35+,36-/m1/s1. The van der Waals surface area contributed by atoms with E-state index in [-0.39, 0.29) is 66.9 Å². The third-order valence-electron chi connectivity index (χ3n) is 9.72. The van der Waals surface area contributed by atoms with E-state index >= 15 is 0 Å². The number of rotatable bonds is 22. The molecule has 6 atom stereocenters. The first-order valence-corrected chi connectivity index (χ1v) is 18.0. The number of likely N-dealkylation sites (N-methyl/N-ethyl adjacent to an activating group) is 1. The number of nitrogens with one attached hydrogen (secondary N) is 3. The zero-order valence-electron chi connectivity index (χ0n) is 32.4. The summed E-state index contributed by atoms with van der Waals surface area (Å²) in [5.41, 5.74) is 1.99. The van der Waals surface area contributed by atoms with Crippen LogP contribution in [-0.2, 0) is 39.8 Å². The van der Waals surface area contributed by atoms with Gasteiger partial charge in [0.15, 0.2) is 0 Å². The van der Waals surface area contributed by atoms with Gasteiger partial charge in [-0.3, -0.25) is 14.4 Å². The van der Waals surface area contributed by atoms with Gasteiger partial charge < -0.3 is 44.7 Å². The van der Waals surface area contributed by atoms with Gasteiger partial charge in [-0.15, -0.1) is 0 Å². The molecular weight excluding hydrogens is 638 g/mol. The number of methoxy groups -OCH3 is 3. The largest absolute Gasteiger partial charge is 0.499 e. The molecule has 50 heavy (non-hydrogen) atoms. The molecule has 1 aromatic rings. The van der Waals surface area contributed by atoms with Crippen LogP contribution in [0.4, 0.5) is 0 Å². The molecule has 12 heteroatoms. The van der Waals surface area contributed by atoms with Crippen LogP contribution in [0.5, 0.6) is 0 Å². The molecule has 2 rings (SSSR count). The van der Waals surface area contributed by atoms with Crippen molar-refractivity contribution in [3.63, 3.8) is 0 Å². The fraction of sp³-hybridized carbons (Fsp3) is 0.711. The SMILES string of the molecule is CC/C(=C(\CC(=O)N1C[C@@H](OC)C[C@H]1[C@H](OC)[C@@H](C)C(=O)NCCc1ccccc1)OC)N(C)COC[C@@H](NC(=O)[C@@H](NC)C(C)C)C(C)C. The first kappa shape index (κ1) is 43.0. The summed E-state index contributed by atoms with van der Waals surface area (Å²) < 4.78 is 23.5. The molecule has 1 aliphatic heterocycles. The second kappa shape index (κ2) is 21.9. The molecule has 1 fully saturated rings. The molecule has 0 spiro atoms. The number of likely N-dealkylation sites (tertiary alicyclic amines) is 1. The van der Waals surface area contributed by atoms with Gasteiger partial charge in [-0.05, 0) is 43.7 Å². The van der Waals surface area contributed by atoms with Gasteiger partial charge in [-0.2, -0.15) is 0 Å². The van der Waals surface area contributed by atoms with Crippen LogP contribution in [0.25, 0.3) is 0 Å². The van der Waals surface area contributed by atoms with E-state index in [0.717, 1.165) is 17.7 Å². The molecule has 0 aromatic heterocycles. The second-order valence-electron chi connectivity index (χ2n) is 13.9. The van der Waals surface area contributed by atoms with E-state index < -0.39 is 12.0 Å². The van der Waals surface area contributed by atoms with Gasteiger partial charge in [-0.25, -0.2) is 0 Å². The summed E-state index contributed by atoms with van der Waals surface area (Å²) in [6.45, 7) is 13.5. The maximum absolute atomic E-state index is 14.0. The average molecular weight is 704 g/mol. The zero-order valence-corrected chi connectivity index (χ0v) is 32.4. The van der Waals surface area contributed by atoms with Crippen LogP contribution in [0, 0.1) is 17.8 Å². The van der Waals surface area contributed by atoms with Crippen molar-refractivity contribution in [2.24, 2.45) is 17.8 Å². The van der Waals surface area contributed by atoms with Crippen LogP contribution in [0.15, 0.2) is 41.8 Å². The third-order valence-corrected chi connectivity index (χ3v) is 9.72. The van der Waals surface area contributed by atoms with E-state index in [1.54, 1.807) is 33.3 Å². The van der Waals surface area contributed by atoms with Crippen molar-refractivity contribution in [2.75, 3.05) is 61.9 Å². The van der Waals surface area contributed by atoms with Crippen molar-refractivity contribution < 1.29 is 33.3 Å². The van der Waals surface area contributed by atoms with Gasteiger partial charge in [0.1, 0.15) is 12.5 Å². The maximum Gasteiger partial charge on any atom is 0.237 e. The summed E-state index contributed by atoms with van der Waals surface area (Å²) in [7, 11) is 8.49. The molecular formula is C38H65N5O7. The Labute approximate surface area is 301 Å². The lowest BCUT2D eigenvalue weighted by Gasteiger charge is -2.34. The van der Waals surface area contributed by atoms with Gasteiger partial charge >= 0.3 is 0 Å². The summed E-state index contributed by atoms with van der Waals surface area (Å²) in [6.07, 6.45) is 1.24. The number of ether oxygens (including phenoxy) is 4. The van der Waals surface area contributed by atoms with Gasteiger partial charge in [0, 0.05) is 34.4 Å². The quantitative estimate of drug-likeness (QED) is 0.123. The highest BCUT2D eigenvalue weighted by atomic mass is 16.5. The summed E-state index contributed by atoms with van der Waals surface area (Å²) in [4.78, 5) is 43.8. The normalized spacial score (nSPS) is 19.1. The average Bonchev–Trinajstić information content (AvgIpc) is 3.52. The Bertz CT molecular complexity index is 1210. The number of allylic oxidation sites excluding steroid dienone is 1. The minimum atomic E-state index is -0.522. The van der Waals surface area contributed by atoms with Crippen molar-refractivity contribution >= 4 is 17.7 Å². The Morgan fingerprint density at radius 3 is 2.22 bits per heavy atom. The summed E-state index contributed by atoms with van der Waals surface area (Å²) in [5.74, 6) is 0.0930. The van der Waals surface area contributed by atoms with E-state index in [1.807, 2.05) is 70.0 Å². The number of carbonyl (C=O) groups is 3. The molecule has 1 aromatic carbocycles. The van der Waals surface area contributed by atoms with E-state index in [1.165, 1.54) is 0 Å². The van der Waals surface area contributed by atoms with Crippen molar-refractivity contribution in [3.8, 4) is 0 Å². The van der Waals surface area contributed by atoms with Gasteiger partial charge in [-0.1, -0.05) is 71.9 Å². The Morgan fingerprint density at radius 2 is 1.68 bits per heavy atom. The number of carbonyl (C=O) groups excluding carboxylic acids is 3. The number of hydrogen-bond acceptors (Lipinski definition) is 9. The topological polar surface area (TPSA) is 131 Å². The Hall–Kier alpha value is -3.19. The molecule has 1 heterocycles. The molecule has 1 aliphatic rings. The first-order chi connectivity index (χ1) is 23.8. The second-order valence-corrected chi connectivity index (χ2v) is 13.9. The van der Waals surface area contributed by atoms with Gasteiger partial charge in [0.05, 0.1) is 62.1 Å². The van der Waals surface area contributed by atoms with Crippen molar-refractivity contribution in [2.45, 2.75) is 97.6 Å². The smallest absolute Gasteiger partial charge is 0.237 e. The Kier molecular flexibility index (Phi) is 18.8. The fourth-order valence-electron chi connectivity index (χ4n) is 6.62. The number of benzene rings is 1. The lowest BCUT2D eigenvalue weighted by atomic mass is 9.94. The minimum absolute atomic E-state index is 0.0380. The Balaban J connectivity index is 2.11. The minimum Gasteiger partial charge on any atom is -0.499 e. The lowest BCUT2D eigenvalue weighted by Crippen LogP contribution is -2.52. The molecule has 3 N–H and O–H groups in total. The van der Waals surface area contributed by atoms with Crippen molar-refractivity contribution in [3.05, 3.63) is 47.4 Å². The number of nitrogens with zero attached hydrogens (tertiary/aromatic N) is 2. The van der Waals surface area contributed by atoms with E-state index in [4.69, 9.17) is 18.9 Å². The van der Waals surface area contributed by atoms with E-state index in [0.29, 0.717) is 38.3 Å². The van der Waals surface area contributed by atoms with Crippen molar-refractivity contribution in [1.82, 2.24) is 25.8 Å². The molecule has 0 aliphatic carbocycles. The summed E-state index contributed by atoms with van der Waals surface area (Å²) in [5, 5.41) is 9.27. The summed E-state index contributed by atoms with van der Waals surface area (Å²) >= 11 is 0. The highest BCUT2D eigenvalue weighted by Gasteiger charge is 2.44. The van der Waals surface area contributed by atoms with Gasteiger partial charge in [0.25, 0.3) is 0 Å². The highest BCUT2D eigenvalue weighted by molar-refractivity contribution is 5.82. The highest BCUT2D eigenvalue weighted by Crippen LogP contribution is 2.30.